The van der Waals surface area contributed by atoms with Gasteiger partial charge in [-0.1, -0.05) is 32.0 Å². The highest BCUT2D eigenvalue weighted by Gasteiger charge is 2.31. The lowest BCUT2D eigenvalue weighted by Gasteiger charge is -2.29. The van der Waals surface area contributed by atoms with E-state index in [0.29, 0.717) is 5.56 Å². The van der Waals surface area contributed by atoms with E-state index in [1.165, 1.54) is 6.07 Å². The van der Waals surface area contributed by atoms with Gasteiger partial charge in [0.25, 0.3) is 5.69 Å². The Kier molecular flexibility index (Phi) is 3.62. The molecule has 0 saturated heterocycles. The Balaban J connectivity index is 3.18. The molecule has 0 aliphatic carbocycles. The van der Waals surface area contributed by atoms with Crippen LogP contribution in [0.5, 0.6) is 0 Å². The van der Waals surface area contributed by atoms with Gasteiger partial charge >= 0.3 is 0 Å². The Bertz CT molecular complexity index is 391. The third kappa shape index (κ3) is 2.37. The fraction of sp³-hybridized carbons (Fsp3) is 0.455. The zero-order chi connectivity index (χ0) is 12.3. The smallest absolute Gasteiger partial charge is 0.274 e. The molecule has 3 N–H and O–H groups in total. The van der Waals surface area contributed by atoms with Crippen LogP contribution >= 0.6 is 0 Å². The molecule has 0 heterocycles. The van der Waals surface area contributed by atoms with Gasteiger partial charge in [0.05, 0.1) is 4.92 Å². The lowest BCUT2D eigenvalue weighted by molar-refractivity contribution is -0.385. The Morgan fingerprint density at radius 2 is 2.06 bits per heavy atom. The molecule has 88 valence electrons. The van der Waals surface area contributed by atoms with E-state index in [1.54, 1.807) is 32.0 Å². The van der Waals surface area contributed by atoms with E-state index in [2.05, 4.69) is 0 Å². The van der Waals surface area contributed by atoms with Crippen molar-refractivity contribution in [3.8, 4) is 0 Å². The minimum absolute atomic E-state index is 0.00322. The average molecular weight is 224 g/mol. The molecule has 1 atom stereocenters. The molecule has 0 aromatic heterocycles. The van der Waals surface area contributed by atoms with Gasteiger partial charge in [0.2, 0.25) is 0 Å². The van der Waals surface area contributed by atoms with Crippen molar-refractivity contribution in [2.75, 3.05) is 6.61 Å². The Morgan fingerprint density at radius 3 is 2.56 bits per heavy atom. The highest BCUT2D eigenvalue weighted by molar-refractivity contribution is 5.42. The Hall–Kier alpha value is -1.46. The van der Waals surface area contributed by atoms with E-state index < -0.39 is 16.4 Å². The largest absolute Gasteiger partial charge is 0.396 e. The number of nitrogens with two attached hydrogens (primary N) is 1. The number of nitro groups is 1. The normalized spacial score (nSPS) is 13.5. The maximum absolute atomic E-state index is 10.8. The summed E-state index contributed by atoms with van der Waals surface area (Å²) in [6.07, 6.45) is 0. The van der Waals surface area contributed by atoms with Crippen LogP contribution in [0.4, 0.5) is 5.69 Å². The number of hydrogen-bond acceptors (Lipinski definition) is 4. The SMILES string of the molecule is CC(C)(CO)[C@H](N)c1ccccc1[N+](=O)[O-]. The summed E-state index contributed by atoms with van der Waals surface area (Å²) in [5.74, 6) is 0. The zero-order valence-corrected chi connectivity index (χ0v) is 9.38. The van der Waals surface area contributed by atoms with Gasteiger partial charge in [-0.2, -0.15) is 0 Å². The first-order chi connectivity index (χ1) is 7.40. The molecule has 0 radical (unpaired) electrons. The first kappa shape index (κ1) is 12.6. The fourth-order valence-electron chi connectivity index (χ4n) is 1.44. The summed E-state index contributed by atoms with van der Waals surface area (Å²) in [6.45, 7) is 3.42. The molecule has 0 aliphatic rings. The monoisotopic (exact) mass is 224 g/mol. The van der Waals surface area contributed by atoms with Crippen LogP contribution < -0.4 is 5.73 Å². The standard InChI is InChI=1S/C11H16N2O3/c1-11(2,7-14)10(12)8-5-3-4-6-9(8)13(15)16/h3-6,10,14H,7,12H2,1-2H3/t10-/m1/s1. The summed E-state index contributed by atoms with van der Waals surface area (Å²) in [5, 5.41) is 20.0. The number of rotatable bonds is 4. The molecule has 0 spiro atoms. The van der Waals surface area contributed by atoms with E-state index in [0.717, 1.165) is 0 Å². The van der Waals surface area contributed by atoms with Gasteiger partial charge in [0.1, 0.15) is 0 Å². The maximum atomic E-state index is 10.8. The molecule has 1 rings (SSSR count). The van der Waals surface area contributed by atoms with Crippen molar-refractivity contribution >= 4 is 5.69 Å². The minimum atomic E-state index is -0.591. The van der Waals surface area contributed by atoms with Crippen molar-refractivity contribution in [3.05, 3.63) is 39.9 Å². The number of para-hydroxylation sites is 1. The maximum Gasteiger partial charge on any atom is 0.274 e. The van der Waals surface area contributed by atoms with E-state index in [-0.39, 0.29) is 12.3 Å². The summed E-state index contributed by atoms with van der Waals surface area (Å²) in [7, 11) is 0. The number of nitro benzene ring substituents is 1. The zero-order valence-electron chi connectivity index (χ0n) is 9.38. The number of nitrogens with zero attached hydrogens (tertiary/aromatic N) is 1. The van der Waals surface area contributed by atoms with Crippen molar-refractivity contribution in [1.29, 1.82) is 0 Å². The molecule has 5 nitrogen and oxygen atoms in total. The molecule has 0 bridgehead atoms. The van der Waals surface area contributed by atoms with E-state index in [9.17, 15) is 15.2 Å². The quantitative estimate of drug-likeness (QED) is 0.600. The number of aliphatic hydroxyl groups is 1. The van der Waals surface area contributed by atoms with Crippen molar-refractivity contribution in [2.24, 2.45) is 11.1 Å². The van der Waals surface area contributed by atoms with Gasteiger partial charge in [0.15, 0.2) is 0 Å². The number of hydrogen-bond donors (Lipinski definition) is 2. The van der Waals surface area contributed by atoms with Crippen LogP contribution in [-0.2, 0) is 0 Å². The average Bonchev–Trinajstić information content (AvgIpc) is 2.28. The van der Waals surface area contributed by atoms with Crippen LogP contribution in [0, 0.1) is 15.5 Å². The second kappa shape index (κ2) is 4.59. The topological polar surface area (TPSA) is 89.4 Å². The molecular weight excluding hydrogens is 208 g/mol. The van der Waals surface area contributed by atoms with Gasteiger partial charge in [-0.15, -0.1) is 0 Å². The number of benzene rings is 1. The van der Waals surface area contributed by atoms with E-state index >= 15 is 0 Å². The number of aliphatic hydroxyl groups excluding tert-OH is 1. The molecule has 16 heavy (non-hydrogen) atoms. The molecular formula is C11H16N2O3. The van der Waals surface area contributed by atoms with Crippen molar-refractivity contribution in [2.45, 2.75) is 19.9 Å². The summed E-state index contributed by atoms with van der Waals surface area (Å²) < 4.78 is 0. The second-order valence-corrected chi connectivity index (χ2v) is 4.44. The van der Waals surface area contributed by atoms with E-state index in [1.807, 2.05) is 0 Å². The van der Waals surface area contributed by atoms with Crippen LogP contribution in [0.25, 0.3) is 0 Å². The predicted octanol–water partition coefficient (Wildman–Crippen LogP) is 1.61. The van der Waals surface area contributed by atoms with Gasteiger partial charge in [-0.3, -0.25) is 10.1 Å². The van der Waals surface area contributed by atoms with Gasteiger partial charge in [-0.05, 0) is 0 Å². The summed E-state index contributed by atoms with van der Waals surface area (Å²) in [5.41, 5.74) is 5.81. The third-order valence-electron chi connectivity index (χ3n) is 2.72. The lowest BCUT2D eigenvalue weighted by atomic mass is 9.81. The van der Waals surface area contributed by atoms with Crippen molar-refractivity contribution in [1.82, 2.24) is 0 Å². The molecule has 0 amide bonds. The third-order valence-corrected chi connectivity index (χ3v) is 2.72. The Labute approximate surface area is 94.0 Å². The summed E-state index contributed by atoms with van der Waals surface area (Å²) >= 11 is 0. The molecule has 5 heteroatoms. The van der Waals surface area contributed by atoms with Gasteiger partial charge in [0, 0.05) is 29.7 Å². The first-order valence-electron chi connectivity index (χ1n) is 5.00. The lowest BCUT2D eigenvalue weighted by Crippen LogP contribution is -2.32. The van der Waals surface area contributed by atoms with Crippen molar-refractivity contribution in [3.63, 3.8) is 0 Å². The summed E-state index contributed by atoms with van der Waals surface area (Å²) in [6, 6.07) is 5.78. The first-order valence-corrected chi connectivity index (χ1v) is 5.00. The van der Waals surface area contributed by atoms with Crippen molar-refractivity contribution < 1.29 is 10.0 Å². The van der Waals surface area contributed by atoms with Crippen LogP contribution in [-0.4, -0.2) is 16.6 Å². The van der Waals surface area contributed by atoms with Crippen LogP contribution in [0.15, 0.2) is 24.3 Å². The Morgan fingerprint density at radius 1 is 1.50 bits per heavy atom. The molecule has 0 saturated carbocycles. The fourth-order valence-corrected chi connectivity index (χ4v) is 1.44. The van der Waals surface area contributed by atoms with Crippen LogP contribution in [0.1, 0.15) is 25.5 Å². The molecule has 0 aliphatic heterocycles. The second-order valence-electron chi connectivity index (χ2n) is 4.44. The van der Waals surface area contributed by atoms with Gasteiger partial charge < -0.3 is 10.8 Å². The molecule has 0 fully saturated rings. The van der Waals surface area contributed by atoms with Gasteiger partial charge in [-0.25, -0.2) is 0 Å². The minimum Gasteiger partial charge on any atom is -0.396 e. The molecule has 1 aromatic carbocycles. The molecule has 0 unspecified atom stereocenters. The predicted molar refractivity (Wildman–Crippen MR) is 60.9 cm³/mol. The van der Waals surface area contributed by atoms with Crippen LogP contribution in [0.2, 0.25) is 0 Å². The van der Waals surface area contributed by atoms with Crippen LogP contribution in [0.3, 0.4) is 0 Å². The molecule has 1 aromatic rings. The highest BCUT2D eigenvalue weighted by atomic mass is 16.6. The summed E-state index contributed by atoms with van der Waals surface area (Å²) in [4.78, 5) is 10.4. The van der Waals surface area contributed by atoms with E-state index in [4.69, 9.17) is 5.73 Å². The highest BCUT2D eigenvalue weighted by Crippen LogP contribution is 2.35.